The highest BCUT2D eigenvalue weighted by Crippen LogP contribution is 2.28. The van der Waals surface area contributed by atoms with Crippen LogP contribution in [0.15, 0.2) is 41.3 Å². The van der Waals surface area contributed by atoms with Crippen LogP contribution in [0.4, 0.5) is 0 Å². The lowest BCUT2D eigenvalue weighted by atomic mass is 10.1. The minimum absolute atomic E-state index is 0.149. The Morgan fingerprint density at radius 3 is 2.52 bits per heavy atom. The second-order valence-electron chi connectivity index (χ2n) is 6.53. The van der Waals surface area contributed by atoms with E-state index in [-0.39, 0.29) is 17.3 Å². The molecule has 2 heterocycles. The van der Waals surface area contributed by atoms with Crippen molar-refractivity contribution >= 4 is 38.9 Å². The molecule has 2 aromatic rings. The van der Waals surface area contributed by atoms with Crippen LogP contribution < -0.4 is 5.32 Å². The molecule has 0 aliphatic carbocycles. The summed E-state index contributed by atoms with van der Waals surface area (Å²) in [6.45, 7) is 2.84. The smallest absolute Gasteiger partial charge is 0.244 e. The van der Waals surface area contributed by atoms with Gasteiger partial charge in [0.1, 0.15) is 6.04 Å². The number of halogens is 1. The molecule has 1 aliphatic rings. The van der Waals surface area contributed by atoms with Crippen LogP contribution in [0.25, 0.3) is 0 Å². The first-order chi connectivity index (χ1) is 12.9. The molecule has 1 fully saturated rings. The van der Waals surface area contributed by atoms with E-state index in [9.17, 15) is 13.2 Å². The fourth-order valence-corrected chi connectivity index (χ4v) is 5.91. The maximum absolute atomic E-state index is 13.4. The van der Waals surface area contributed by atoms with Gasteiger partial charge in [-0.2, -0.15) is 4.31 Å². The SMILES string of the molecule is CCc1ccc(CN(C2CCCCNC2=O)S(=O)(=O)c2ccc(Cl)cc2)s1. The first-order valence-electron chi connectivity index (χ1n) is 9.04. The summed E-state index contributed by atoms with van der Waals surface area (Å²) in [5.74, 6) is -0.225. The van der Waals surface area contributed by atoms with Crippen molar-refractivity contribution in [1.82, 2.24) is 9.62 Å². The van der Waals surface area contributed by atoms with Crippen LogP contribution in [0.2, 0.25) is 5.02 Å². The van der Waals surface area contributed by atoms with E-state index in [1.54, 1.807) is 23.5 Å². The molecule has 0 bridgehead atoms. The van der Waals surface area contributed by atoms with Gasteiger partial charge in [0.05, 0.1) is 4.90 Å². The maximum Gasteiger partial charge on any atom is 0.244 e. The van der Waals surface area contributed by atoms with Crippen LogP contribution in [0, 0.1) is 0 Å². The second-order valence-corrected chi connectivity index (χ2v) is 10.1. The Hall–Kier alpha value is -1.41. The minimum Gasteiger partial charge on any atom is -0.355 e. The van der Waals surface area contributed by atoms with E-state index in [0.29, 0.717) is 18.0 Å². The number of hydrogen-bond donors (Lipinski definition) is 1. The molecule has 1 amide bonds. The van der Waals surface area contributed by atoms with Crippen molar-refractivity contribution in [3.05, 3.63) is 51.2 Å². The average molecular weight is 427 g/mol. The number of thiophene rings is 1. The van der Waals surface area contributed by atoms with Gasteiger partial charge >= 0.3 is 0 Å². The first kappa shape index (κ1) is 20.3. The zero-order valence-corrected chi connectivity index (χ0v) is 17.5. The summed E-state index contributed by atoms with van der Waals surface area (Å²) in [6.07, 6.45) is 3.08. The summed E-state index contributed by atoms with van der Waals surface area (Å²) in [5.41, 5.74) is 0. The standard InChI is InChI=1S/C19H23ClN2O3S2/c1-2-15-8-9-16(26-15)13-22(18-5-3-4-12-21-19(18)23)27(24,25)17-10-6-14(20)7-11-17/h6-11,18H,2-5,12-13H2,1H3,(H,21,23). The normalized spacial score (nSPS) is 18.3. The highest BCUT2D eigenvalue weighted by atomic mass is 35.5. The summed E-state index contributed by atoms with van der Waals surface area (Å²) >= 11 is 7.50. The Morgan fingerprint density at radius 1 is 1.15 bits per heavy atom. The third kappa shape index (κ3) is 4.71. The molecule has 1 aromatic carbocycles. The van der Waals surface area contributed by atoms with Gasteiger partial charge < -0.3 is 5.32 Å². The summed E-state index contributed by atoms with van der Waals surface area (Å²) in [5, 5.41) is 3.32. The van der Waals surface area contributed by atoms with Gasteiger partial charge in [-0.1, -0.05) is 18.5 Å². The third-order valence-corrected chi connectivity index (χ3v) is 7.99. The predicted octanol–water partition coefficient (Wildman–Crippen LogP) is 3.82. The Balaban J connectivity index is 1.99. The van der Waals surface area contributed by atoms with Crippen LogP contribution in [-0.2, 0) is 27.8 Å². The minimum atomic E-state index is -3.84. The van der Waals surface area contributed by atoms with Crippen LogP contribution in [0.1, 0.15) is 35.9 Å². The average Bonchev–Trinajstić information content (AvgIpc) is 3.01. The van der Waals surface area contributed by atoms with Crippen molar-refractivity contribution in [2.75, 3.05) is 6.54 Å². The molecule has 0 spiro atoms. The van der Waals surface area contributed by atoms with Gasteiger partial charge in [-0.15, -0.1) is 11.3 Å². The lowest BCUT2D eigenvalue weighted by Gasteiger charge is -2.28. The molecular formula is C19H23ClN2O3S2. The van der Waals surface area contributed by atoms with Gasteiger partial charge in [0.15, 0.2) is 0 Å². The lowest BCUT2D eigenvalue weighted by molar-refractivity contribution is -0.124. The number of rotatable bonds is 6. The van der Waals surface area contributed by atoms with Crippen molar-refractivity contribution in [1.29, 1.82) is 0 Å². The van der Waals surface area contributed by atoms with Gasteiger partial charge in [0, 0.05) is 27.9 Å². The van der Waals surface area contributed by atoms with Crippen molar-refractivity contribution in [2.45, 2.75) is 50.1 Å². The van der Waals surface area contributed by atoms with Gasteiger partial charge in [0.25, 0.3) is 0 Å². The molecule has 1 unspecified atom stereocenters. The quantitative estimate of drug-likeness (QED) is 0.763. The topological polar surface area (TPSA) is 66.5 Å². The highest BCUT2D eigenvalue weighted by Gasteiger charge is 2.36. The molecule has 1 saturated heterocycles. The van der Waals surface area contributed by atoms with Crippen molar-refractivity contribution < 1.29 is 13.2 Å². The second kappa shape index (κ2) is 8.73. The number of sulfonamides is 1. The van der Waals surface area contributed by atoms with E-state index in [1.807, 2.05) is 12.1 Å². The van der Waals surface area contributed by atoms with Gasteiger partial charge in [-0.25, -0.2) is 8.42 Å². The maximum atomic E-state index is 13.4. The Morgan fingerprint density at radius 2 is 1.85 bits per heavy atom. The van der Waals surface area contributed by atoms with Crippen LogP contribution >= 0.6 is 22.9 Å². The Bertz CT molecular complexity index is 894. The molecule has 1 aliphatic heterocycles. The number of hydrogen-bond acceptors (Lipinski definition) is 4. The molecular weight excluding hydrogens is 404 g/mol. The van der Waals surface area contributed by atoms with Crippen LogP contribution in [0.5, 0.6) is 0 Å². The molecule has 27 heavy (non-hydrogen) atoms. The molecule has 146 valence electrons. The lowest BCUT2D eigenvalue weighted by Crippen LogP contribution is -2.48. The Kier molecular flexibility index (Phi) is 6.57. The number of benzene rings is 1. The van der Waals surface area contributed by atoms with Gasteiger partial charge in [-0.05, 0) is 62.1 Å². The summed E-state index contributed by atoms with van der Waals surface area (Å²) in [6, 6.07) is 9.35. The molecule has 8 heteroatoms. The molecule has 0 radical (unpaired) electrons. The molecule has 1 N–H and O–H groups in total. The highest BCUT2D eigenvalue weighted by molar-refractivity contribution is 7.89. The molecule has 1 atom stereocenters. The van der Waals surface area contributed by atoms with Crippen LogP contribution in [-0.4, -0.2) is 31.2 Å². The monoisotopic (exact) mass is 426 g/mol. The van der Waals surface area contributed by atoms with Crippen molar-refractivity contribution in [2.24, 2.45) is 0 Å². The van der Waals surface area contributed by atoms with Crippen LogP contribution in [0.3, 0.4) is 0 Å². The summed E-state index contributed by atoms with van der Waals surface area (Å²) < 4.78 is 28.1. The number of carbonyl (C=O) groups excluding carboxylic acids is 1. The number of amides is 1. The molecule has 5 nitrogen and oxygen atoms in total. The fourth-order valence-electron chi connectivity index (χ4n) is 3.15. The van der Waals surface area contributed by atoms with Crippen molar-refractivity contribution in [3.63, 3.8) is 0 Å². The Labute approximate surface area is 169 Å². The molecule has 1 aromatic heterocycles. The number of nitrogens with zero attached hydrogens (tertiary/aromatic N) is 1. The van der Waals surface area contributed by atoms with E-state index in [4.69, 9.17) is 11.6 Å². The van der Waals surface area contributed by atoms with Gasteiger partial charge in [0.2, 0.25) is 15.9 Å². The van der Waals surface area contributed by atoms with E-state index >= 15 is 0 Å². The van der Waals surface area contributed by atoms with Crippen molar-refractivity contribution in [3.8, 4) is 0 Å². The fraction of sp³-hybridized carbons (Fsp3) is 0.421. The number of aryl methyl sites for hydroxylation is 1. The summed E-state index contributed by atoms with van der Waals surface area (Å²) in [4.78, 5) is 14.9. The zero-order chi connectivity index (χ0) is 19.4. The van der Waals surface area contributed by atoms with E-state index < -0.39 is 16.1 Å². The number of carbonyl (C=O) groups is 1. The van der Waals surface area contributed by atoms with E-state index in [2.05, 4.69) is 12.2 Å². The predicted molar refractivity (Wildman–Crippen MR) is 109 cm³/mol. The van der Waals surface area contributed by atoms with Gasteiger partial charge in [-0.3, -0.25) is 4.79 Å². The third-order valence-electron chi connectivity index (χ3n) is 4.65. The van der Waals surface area contributed by atoms with E-state index in [1.165, 1.54) is 21.3 Å². The largest absolute Gasteiger partial charge is 0.355 e. The van der Waals surface area contributed by atoms with E-state index in [0.717, 1.165) is 24.1 Å². The first-order valence-corrected chi connectivity index (χ1v) is 11.7. The zero-order valence-electron chi connectivity index (χ0n) is 15.2. The molecule has 0 saturated carbocycles. The number of nitrogens with one attached hydrogen (secondary N) is 1. The summed E-state index contributed by atoms with van der Waals surface area (Å²) in [7, 11) is -3.84. The molecule has 3 rings (SSSR count).